The summed E-state index contributed by atoms with van der Waals surface area (Å²) in [5, 5.41) is 13.5. The van der Waals surface area contributed by atoms with Gasteiger partial charge in [0.05, 0.1) is 22.3 Å². The topological polar surface area (TPSA) is 83.8 Å². The highest BCUT2D eigenvalue weighted by Gasteiger charge is 2.21. The number of fused-ring (bicyclic) bond motifs is 1. The van der Waals surface area contributed by atoms with Gasteiger partial charge in [0.1, 0.15) is 22.6 Å². The van der Waals surface area contributed by atoms with Crippen LogP contribution >= 0.6 is 11.6 Å². The highest BCUT2D eigenvalue weighted by molar-refractivity contribution is 6.34. The molecule has 0 radical (unpaired) electrons. The third-order valence-corrected chi connectivity index (χ3v) is 5.24. The van der Waals surface area contributed by atoms with Crippen molar-refractivity contribution in [2.75, 3.05) is 5.32 Å². The molecule has 1 aromatic carbocycles. The third kappa shape index (κ3) is 4.24. The minimum absolute atomic E-state index is 0.00505. The van der Waals surface area contributed by atoms with E-state index in [-0.39, 0.29) is 27.9 Å². The molecule has 0 fully saturated rings. The molecule has 0 aliphatic rings. The van der Waals surface area contributed by atoms with Gasteiger partial charge in [-0.05, 0) is 26.8 Å². The smallest absolute Gasteiger partial charge is 0.159 e. The Labute approximate surface area is 188 Å². The maximum atomic E-state index is 14.8. The van der Waals surface area contributed by atoms with Crippen molar-refractivity contribution in [1.82, 2.24) is 19.9 Å². The zero-order valence-electron chi connectivity index (χ0n) is 17.6. The number of anilines is 1. The first-order chi connectivity index (χ1) is 15.1. The van der Waals surface area contributed by atoms with Crippen LogP contribution in [0.25, 0.3) is 22.3 Å². The summed E-state index contributed by atoms with van der Waals surface area (Å²) in [6.07, 6.45) is 4.18. The fourth-order valence-electron chi connectivity index (χ4n) is 3.29. The summed E-state index contributed by atoms with van der Waals surface area (Å²) in [5.74, 6) is -0.765. The molecule has 4 rings (SSSR count). The van der Waals surface area contributed by atoms with Gasteiger partial charge in [0.25, 0.3) is 0 Å². The second kappa shape index (κ2) is 8.37. The van der Waals surface area contributed by atoms with Crippen molar-refractivity contribution in [3.05, 3.63) is 77.0 Å². The zero-order valence-corrected chi connectivity index (χ0v) is 18.3. The van der Waals surface area contributed by atoms with Crippen molar-refractivity contribution in [2.45, 2.75) is 32.4 Å². The van der Waals surface area contributed by atoms with E-state index in [1.807, 2.05) is 0 Å². The molecular weight excluding hydrogens is 436 g/mol. The van der Waals surface area contributed by atoms with E-state index in [9.17, 15) is 13.9 Å². The van der Waals surface area contributed by atoms with Crippen LogP contribution in [0.4, 0.5) is 14.5 Å². The van der Waals surface area contributed by atoms with Gasteiger partial charge in [0, 0.05) is 35.8 Å². The van der Waals surface area contributed by atoms with E-state index in [2.05, 4.69) is 25.3 Å². The molecule has 1 atom stereocenters. The van der Waals surface area contributed by atoms with Crippen LogP contribution in [-0.4, -0.2) is 25.0 Å². The molecule has 3 aromatic heterocycles. The molecule has 2 N–H and O–H groups in total. The zero-order chi connectivity index (χ0) is 23.0. The number of hydrogen-bond donors (Lipinski definition) is 2. The molecule has 0 saturated carbocycles. The van der Waals surface area contributed by atoms with Gasteiger partial charge in [-0.3, -0.25) is 4.98 Å². The van der Waals surface area contributed by atoms with Crippen molar-refractivity contribution in [2.24, 2.45) is 0 Å². The van der Waals surface area contributed by atoms with E-state index in [1.54, 1.807) is 39.0 Å². The van der Waals surface area contributed by atoms with E-state index in [1.165, 1.54) is 30.7 Å². The standard InChI is InChI=1S/C23H20ClF2N5O/c1-12(14-6-4-5-7-16(14)25)30-20-15(24)11-27-18-8-17(26)19(31-21(18)20)13-9-28-22(29-10-13)23(2,3)32/h4-12,32H,1-3H3,(H,27,30). The average Bonchev–Trinajstić information content (AvgIpc) is 2.75. The summed E-state index contributed by atoms with van der Waals surface area (Å²) < 4.78 is 29.1. The van der Waals surface area contributed by atoms with Crippen LogP contribution in [0.3, 0.4) is 0 Å². The van der Waals surface area contributed by atoms with E-state index >= 15 is 0 Å². The molecule has 0 aliphatic heterocycles. The summed E-state index contributed by atoms with van der Waals surface area (Å²) in [5.41, 5.74) is 0.562. The van der Waals surface area contributed by atoms with Crippen LogP contribution in [0.5, 0.6) is 0 Å². The highest BCUT2D eigenvalue weighted by atomic mass is 35.5. The van der Waals surface area contributed by atoms with Crippen LogP contribution in [0.15, 0.2) is 48.9 Å². The van der Waals surface area contributed by atoms with Gasteiger partial charge in [-0.25, -0.2) is 23.7 Å². The molecule has 3 heterocycles. The lowest BCUT2D eigenvalue weighted by molar-refractivity contribution is 0.0687. The Morgan fingerprint density at radius 3 is 2.38 bits per heavy atom. The molecule has 32 heavy (non-hydrogen) atoms. The Bertz CT molecular complexity index is 1290. The largest absolute Gasteiger partial charge is 0.382 e. The number of pyridine rings is 2. The van der Waals surface area contributed by atoms with Crippen LogP contribution in [0, 0.1) is 11.6 Å². The summed E-state index contributed by atoms with van der Waals surface area (Å²) >= 11 is 6.38. The van der Waals surface area contributed by atoms with Gasteiger partial charge in [-0.2, -0.15) is 0 Å². The van der Waals surface area contributed by atoms with E-state index < -0.39 is 17.5 Å². The molecule has 6 nitrogen and oxygen atoms in total. The minimum atomic E-state index is -1.23. The second-order valence-corrected chi connectivity index (χ2v) is 8.32. The Morgan fingerprint density at radius 2 is 1.72 bits per heavy atom. The number of aromatic nitrogens is 4. The van der Waals surface area contributed by atoms with E-state index in [4.69, 9.17) is 11.6 Å². The molecule has 0 aliphatic carbocycles. The molecule has 0 spiro atoms. The van der Waals surface area contributed by atoms with Crippen molar-refractivity contribution in [1.29, 1.82) is 0 Å². The first-order valence-electron chi connectivity index (χ1n) is 9.86. The SMILES string of the molecule is CC(Nc1c(Cl)cnc2cc(F)c(-c3cnc(C(C)(C)O)nc3)nc12)c1ccccc1F. The number of aliphatic hydroxyl groups is 1. The van der Waals surface area contributed by atoms with Gasteiger partial charge >= 0.3 is 0 Å². The van der Waals surface area contributed by atoms with Crippen LogP contribution in [-0.2, 0) is 5.60 Å². The summed E-state index contributed by atoms with van der Waals surface area (Å²) in [7, 11) is 0. The Balaban J connectivity index is 1.79. The maximum Gasteiger partial charge on any atom is 0.159 e. The first-order valence-corrected chi connectivity index (χ1v) is 10.2. The van der Waals surface area contributed by atoms with Crippen molar-refractivity contribution >= 4 is 28.3 Å². The summed E-state index contributed by atoms with van der Waals surface area (Å²) in [4.78, 5) is 16.9. The quantitative estimate of drug-likeness (QED) is 0.418. The minimum Gasteiger partial charge on any atom is -0.382 e. The predicted molar refractivity (Wildman–Crippen MR) is 119 cm³/mol. The fourth-order valence-corrected chi connectivity index (χ4v) is 3.48. The molecule has 1 unspecified atom stereocenters. The van der Waals surface area contributed by atoms with E-state index in [0.29, 0.717) is 22.3 Å². The van der Waals surface area contributed by atoms with Crippen LogP contribution in [0.2, 0.25) is 5.02 Å². The lowest BCUT2D eigenvalue weighted by atomic mass is 10.1. The van der Waals surface area contributed by atoms with Gasteiger partial charge in [-0.1, -0.05) is 29.8 Å². The number of nitrogens with one attached hydrogen (secondary N) is 1. The molecule has 4 aromatic rings. The number of halogens is 3. The molecule has 164 valence electrons. The van der Waals surface area contributed by atoms with Crippen LogP contribution < -0.4 is 5.32 Å². The number of nitrogens with zero attached hydrogens (tertiary/aromatic N) is 4. The lowest BCUT2D eigenvalue weighted by Gasteiger charge is -2.19. The first kappa shape index (κ1) is 22.0. The third-order valence-electron chi connectivity index (χ3n) is 4.95. The average molecular weight is 456 g/mol. The summed E-state index contributed by atoms with van der Waals surface area (Å²) in [6, 6.07) is 7.21. The van der Waals surface area contributed by atoms with Gasteiger partial charge in [0.2, 0.25) is 0 Å². The lowest BCUT2D eigenvalue weighted by Crippen LogP contribution is -2.19. The Kier molecular flexibility index (Phi) is 5.75. The molecule has 0 saturated heterocycles. The Morgan fingerprint density at radius 1 is 1.03 bits per heavy atom. The van der Waals surface area contributed by atoms with Crippen molar-refractivity contribution < 1.29 is 13.9 Å². The predicted octanol–water partition coefficient (Wildman–Crippen LogP) is 5.42. The maximum absolute atomic E-state index is 14.8. The van der Waals surface area contributed by atoms with E-state index in [0.717, 1.165) is 0 Å². The van der Waals surface area contributed by atoms with Crippen molar-refractivity contribution in [3.8, 4) is 11.3 Å². The highest BCUT2D eigenvalue weighted by Crippen LogP contribution is 2.34. The fraction of sp³-hybridized carbons (Fsp3) is 0.217. The molecule has 9 heteroatoms. The van der Waals surface area contributed by atoms with Gasteiger partial charge in [-0.15, -0.1) is 0 Å². The van der Waals surface area contributed by atoms with Gasteiger partial charge < -0.3 is 10.4 Å². The second-order valence-electron chi connectivity index (χ2n) is 7.91. The number of benzene rings is 1. The number of hydrogen-bond acceptors (Lipinski definition) is 6. The molecule has 0 bridgehead atoms. The normalized spacial score (nSPS) is 12.7. The monoisotopic (exact) mass is 455 g/mol. The Hall–Kier alpha value is -3.23. The van der Waals surface area contributed by atoms with Gasteiger partial charge in [0.15, 0.2) is 11.6 Å². The molecular formula is C23H20ClF2N5O. The summed E-state index contributed by atoms with van der Waals surface area (Å²) in [6.45, 7) is 4.90. The molecule has 0 amide bonds. The number of rotatable bonds is 5. The van der Waals surface area contributed by atoms with Crippen molar-refractivity contribution in [3.63, 3.8) is 0 Å². The van der Waals surface area contributed by atoms with Crippen LogP contribution in [0.1, 0.15) is 38.2 Å².